The van der Waals surface area contributed by atoms with E-state index in [1.165, 1.54) is 12.1 Å². The van der Waals surface area contributed by atoms with Crippen LogP contribution in [0.2, 0.25) is 0 Å². The van der Waals surface area contributed by atoms with Gasteiger partial charge < -0.3 is 4.74 Å². The molecule has 0 bridgehead atoms. The van der Waals surface area contributed by atoms with Crippen LogP contribution < -0.4 is 4.74 Å². The lowest BCUT2D eigenvalue weighted by molar-refractivity contribution is -0.342. The smallest absolute Gasteiger partial charge is 0.381 e. The summed E-state index contributed by atoms with van der Waals surface area (Å²) in [7, 11) is 0. The predicted molar refractivity (Wildman–Crippen MR) is 109 cm³/mol. The van der Waals surface area contributed by atoms with Crippen molar-refractivity contribution in [3.8, 4) is 16.9 Å². The molecule has 0 N–H and O–H groups in total. The molecular weight excluding hydrogens is 472 g/mol. The van der Waals surface area contributed by atoms with E-state index < -0.39 is 30.8 Å². The van der Waals surface area contributed by atoms with Crippen LogP contribution in [-0.4, -0.2) is 30.8 Å². The molecule has 0 spiro atoms. The lowest BCUT2D eigenvalue weighted by Crippen LogP contribution is -2.59. The summed E-state index contributed by atoms with van der Waals surface area (Å²) in [4.78, 5) is 0. The standard InChI is InChI=1S/C23H16F8N2O/c24-20(25)22(28,29)23(30,31)21(26,27)14-34-19-12-10-18(11-13-19)33-32-17-8-6-16(7-9-17)15-4-2-1-3-5-15/h1-13,20H,14H2. The summed E-state index contributed by atoms with van der Waals surface area (Å²) in [6, 6.07) is 21.4. The molecule has 0 radical (unpaired) electrons. The molecule has 0 aliphatic carbocycles. The van der Waals surface area contributed by atoms with Gasteiger partial charge in [0, 0.05) is 0 Å². The second-order valence-corrected chi connectivity index (χ2v) is 7.10. The van der Waals surface area contributed by atoms with E-state index in [-0.39, 0.29) is 11.4 Å². The van der Waals surface area contributed by atoms with E-state index >= 15 is 0 Å². The maximum absolute atomic E-state index is 13.5. The van der Waals surface area contributed by atoms with E-state index in [2.05, 4.69) is 15.0 Å². The van der Waals surface area contributed by atoms with Gasteiger partial charge in [-0.05, 0) is 47.5 Å². The predicted octanol–water partition coefficient (Wildman–Crippen LogP) is 8.32. The number of azo groups is 1. The Hall–Kier alpha value is -3.50. The zero-order valence-electron chi connectivity index (χ0n) is 17.1. The topological polar surface area (TPSA) is 34.0 Å². The zero-order valence-corrected chi connectivity index (χ0v) is 17.1. The summed E-state index contributed by atoms with van der Waals surface area (Å²) >= 11 is 0. The minimum Gasteiger partial charge on any atom is -0.487 e. The lowest BCUT2D eigenvalue weighted by Gasteiger charge is -2.31. The SMILES string of the molecule is FC(F)C(F)(F)C(F)(F)C(F)(F)COc1ccc(N=Nc2ccc(-c3ccccc3)cc2)cc1. The van der Waals surface area contributed by atoms with E-state index in [1.54, 1.807) is 12.1 Å². The van der Waals surface area contributed by atoms with Crippen LogP contribution in [0, 0.1) is 0 Å². The lowest BCUT2D eigenvalue weighted by atomic mass is 10.1. The number of hydrogen-bond donors (Lipinski definition) is 0. The van der Waals surface area contributed by atoms with Crippen molar-refractivity contribution in [1.29, 1.82) is 0 Å². The first-order chi connectivity index (χ1) is 15.9. The number of benzene rings is 3. The van der Waals surface area contributed by atoms with Crippen LogP contribution in [0.5, 0.6) is 5.75 Å². The number of alkyl halides is 8. The molecule has 0 fully saturated rings. The summed E-state index contributed by atoms with van der Waals surface area (Å²) in [5.41, 5.74) is 2.75. The molecule has 11 heteroatoms. The maximum atomic E-state index is 13.5. The Kier molecular flexibility index (Phi) is 7.23. The molecule has 3 aromatic rings. The Morgan fingerprint density at radius 3 is 1.62 bits per heavy atom. The van der Waals surface area contributed by atoms with Gasteiger partial charge in [-0.15, -0.1) is 0 Å². The molecule has 0 unspecified atom stereocenters. The van der Waals surface area contributed by atoms with Crippen LogP contribution >= 0.6 is 0 Å². The van der Waals surface area contributed by atoms with Gasteiger partial charge in [-0.3, -0.25) is 0 Å². The number of nitrogens with zero attached hydrogens (tertiary/aromatic N) is 2. The first-order valence-corrected chi connectivity index (χ1v) is 9.66. The van der Waals surface area contributed by atoms with Gasteiger partial charge in [-0.25, -0.2) is 8.78 Å². The number of hydrogen-bond acceptors (Lipinski definition) is 3. The van der Waals surface area contributed by atoms with Crippen LogP contribution in [-0.2, 0) is 0 Å². The Balaban J connectivity index is 1.61. The number of ether oxygens (including phenoxy) is 1. The first-order valence-electron chi connectivity index (χ1n) is 9.66. The molecule has 180 valence electrons. The van der Waals surface area contributed by atoms with E-state index in [9.17, 15) is 35.1 Å². The highest BCUT2D eigenvalue weighted by atomic mass is 19.4. The van der Waals surface area contributed by atoms with E-state index in [0.717, 1.165) is 23.3 Å². The van der Waals surface area contributed by atoms with E-state index in [4.69, 9.17) is 0 Å². The summed E-state index contributed by atoms with van der Waals surface area (Å²) in [6.45, 7) is -2.24. The van der Waals surface area contributed by atoms with Crippen molar-refractivity contribution in [1.82, 2.24) is 0 Å². The number of rotatable bonds is 9. The molecule has 3 rings (SSSR count). The van der Waals surface area contributed by atoms with Gasteiger partial charge in [-0.2, -0.15) is 36.6 Å². The van der Waals surface area contributed by atoms with Crippen LogP contribution in [0.3, 0.4) is 0 Å². The molecule has 0 amide bonds. The molecule has 0 atom stereocenters. The highest BCUT2D eigenvalue weighted by Gasteiger charge is 2.75. The fraction of sp³-hybridized carbons (Fsp3) is 0.217. The minimum atomic E-state index is -6.32. The fourth-order valence-electron chi connectivity index (χ4n) is 2.72. The third kappa shape index (κ3) is 5.35. The van der Waals surface area contributed by atoms with Crippen molar-refractivity contribution in [3.05, 3.63) is 78.9 Å². The zero-order chi connectivity index (χ0) is 25.0. The van der Waals surface area contributed by atoms with Gasteiger partial charge in [-0.1, -0.05) is 42.5 Å². The van der Waals surface area contributed by atoms with Crippen molar-refractivity contribution in [2.45, 2.75) is 24.2 Å². The minimum absolute atomic E-state index is 0.251. The van der Waals surface area contributed by atoms with Crippen molar-refractivity contribution < 1.29 is 39.9 Å². The highest BCUT2D eigenvalue weighted by Crippen LogP contribution is 2.48. The largest absolute Gasteiger partial charge is 0.487 e. The highest BCUT2D eigenvalue weighted by molar-refractivity contribution is 5.65. The molecule has 0 aliphatic heterocycles. The quantitative estimate of drug-likeness (QED) is 0.220. The summed E-state index contributed by atoms with van der Waals surface area (Å²) < 4.78 is 108. The third-order valence-electron chi connectivity index (χ3n) is 4.66. The Morgan fingerprint density at radius 2 is 1.12 bits per heavy atom. The fourth-order valence-corrected chi connectivity index (χ4v) is 2.72. The Morgan fingerprint density at radius 1 is 0.647 bits per heavy atom. The molecular formula is C23H16F8N2O. The van der Waals surface area contributed by atoms with Crippen LogP contribution in [0.1, 0.15) is 0 Å². The number of halogens is 8. The Bertz CT molecular complexity index is 1100. The Labute approximate surface area is 188 Å². The molecule has 0 heterocycles. The average molecular weight is 488 g/mol. The van der Waals surface area contributed by atoms with Crippen LogP contribution in [0.15, 0.2) is 89.1 Å². The van der Waals surface area contributed by atoms with E-state index in [0.29, 0.717) is 5.69 Å². The van der Waals surface area contributed by atoms with Gasteiger partial charge in [0.05, 0.1) is 11.4 Å². The summed E-state index contributed by atoms with van der Waals surface area (Å²) in [5.74, 6) is -18.5. The molecule has 0 aliphatic rings. The first kappa shape index (κ1) is 25.1. The molecule has 3 aromatic carbocycles. The molecule has 0 saturated carbocycles. The summed E-state index contributed by atoms with van der Waals surface area (Å²) in [6.07, 6.45) is -4.98. The van der Waals surface area contributed by atoms with E-state index in [1.807, 2.05) is 42.5 Å². The third-order valence-corrected chi connectivity index (χ3v) is 4.66. The van der Waals surface area contributed by atoms with Crippen molar-refractivity contribution in [2.24, 2.45) is 10.2 Å². The van der Waals surface area contributed by atoms with Gasteiger partial charge in [0.1, 0.15) is 5.75 Å². The second kappa shape index (κ2) is 9.78. The van der Waals surface area contributed by atoms with Crippen LogP contribution in [0.25, 0.3) is 11.1 Å². The van der Waals surface area contributed by atoms with Crippen molar-refractivity contribution in [3.63, 3.8) is 0 Å². The average Bonchev–Trinajstić information content (AvgIpc) is 2.82. The monoisotopic (exact) mass is 488 g/mol. The molecule has 3 nitrogen and oxygen atoms in total. The van der Waals surface area contributed by atoms with Crippen molar-refractivity contribution >= 4 is 11.4 Å². The molecule has 0 aromatic heterocycles. The van der Waals surface area contributed by atoms with Gasteiger partial charge in [0.2, 0.25) is 0 Å². The van der Waals surface area contributed by atoms with Gasteiger partial charge in [0.15, 0.2) is 6.61 Å². The van der Waals surface area contributed by atoms with Crippen molar-refractivity contribution in [2.75, 3.05) is 6.61 Å². The maximum Gasteiger partial charge on any atom is 0.381 e. The van der Waals surface area contributed by atoms with Gasteiger partial charge in [0.25, 0.3) is 0 Å². The normalized spacial score (nSPS) is 13.0. The second-order valence-electron chi connectivity index (χ2n) is 7.10. The van der Waals surface area contributed by atoms with Gasteiger partial charge >= 0.3 is 24.2 Å². The molecule has 0 saturated heterocycles. The van der Waals surface area contributed by atoms with Crippen LogP contribution in [0.4, 0.5) is 46.5 Å². The molecule has 34 heavy (non-hydrogen) atoms. The summed E-state index contributed by atoms with van der Waals surface area (Å²) in [5, 5.41) is 7.95.